The number of nitro benzene ring substituents is 1. The fourth-order valence-corrected chi connectivity index (χ4v) is 6.87. The molecule has 1 aliphatic rings. The molecule has 1 N–H and O–H groups in total. The van der Waals surface area contributed by atoms with Gasteiger partial charge in [-0.2, -0.15) is 4.31 Å². The van der Waals surface area contributed by atoms with E-state index in [0.717, 1.165) is 33.7 Å². The summed E-state index contributed by atoms with van der Waals surface area (Å²) < 4.78 is 30.2. The molecule has 1 fully saturated rings. The minimum atomic E-state index is -3.70. The highest BCUT2D eigenvalue weighted by molar-refractivity contribution is 7.89. The van der Waals surface area contributed by atoms with Crippen molar-refractivity contribution in [1.29, 1.82) is 0 Å². The van der Waals surface area contributed by atoms with Crippen molar-refractivity contribution in [3.63, 3.8) is 0 Å². The number of amides is 1. The number of nitrogens with one attached hydrogen (secondary N) is 1. The summed E-state index contributed by atoms with van der Waals surface area (Å²) in [7, 11) is -3.70. The molecule has 0 unspecified atom stereocenters. The van der Waals surface area contributed by atoms with Gasteiger partial charge in [0.2, 0.25) is 15.9 Å². The Bertz CT molecular complexity index is 1950. The number of nitro groups is 1. The molecule has 0 radical (unpaired) electrons. The van der Waals surface area contributed by atoms with Gasteiger partial charge in [0.15, 0.2) is 0 Å². The van der Waals surface area contributed by atoms with Gasteiger partial charge in [0, 0.05) is 69.2 Å². The number of anilines is 1. The molecule has 2 aromatic heterocycles. The van der Waals surface area contributed by atoms with Gasteiger partial charge in [0.1, 0.15) is 5.65 Å². The van der Waals surface area contributed by atoms with E-state index in [1.54, 1.807) is 24.3 Å². The number of fused-ring (bicyclic) bond motifs is 1. The second kappa shape index (κ2) is 12.0. The number of piperazine rings is 1. The second-order valence-electron chi connectivity index (χ2n) is 10.6. The molecule has 6 rings (SSSR count). The van der Waals surface area contributed by atoms with Crippen LogP contribution in [0.15, 0.2) is 102 Å². The number of carbonyl (C=O) groups is 1. The minimum absolute atomic E-state index is 0.0231. The van der Waals surface area contributed by atoms with E-state index < -0.39 is 14.9 Å². The third-order valence-electron chi connectivity index (χ3n) is 7.67. The third kappa shape index (κ3) is 5.95. The molecule has 0 saturated carbocycles. The first kappa shape index (κ1) is 29.2. The molecule has 0 spiro atoms. The number of non-ortho nitro benzene ring substituents is 1. The van der Waals surface area contributed by atoms with E-state index in [-0.39, 0.29) is 16.5 Å². The van der Waals surface area contributed by atoms with Gasteiger partial charge in [-0.25, -0.2) is 13.4 Å². The Hall–Kier alpha value is -4.91. The van der Waals surface area contributed by atoms with Crippen LogP contribution in [-0.4, -0.2) is 64.0 Å². The number of carbonyl (C=O) groups excluding carboxylic acids is 1. The van der Waals surface area contributed by atoms with Gasteiger partial charge < -0.3 is 9.72 Å². The number of pyridine rings is 1. The van der Waals surface area contributed by atoms with E-state index in [1.807, 2.05) is 59.1 Å². The quantitative estimate of drug-likeness (QED) is 0.192. The summed E-state index contributed by atoms with van der Waals surface area (Å²) in [5.74, 6) is -0.224. The highest BCUT2D eigenvalue weighted by atomic mass is 32.2. The zero-order valence-corrected chi connectivity index (χ0v) is 24.8. The number of aromatic nitrogens is 2. The number of rotatable bonds is 8. The van der Waals surface area contributed by atoms with E-state index in [4.69, 9.17) is 4.98 Å². The number of imidazole rings is 1. The van der Waals surface area contributed by atoms with E-state index in [2.05, 4.69) is 10.2 Å². The molecular formula is C32H30N6O5S. The fraction of sp³-hybridized carbons (Fsp3) is 0.188. The number of hydrogen-bond acceptors (Lipinski definition) is 7. The molecular weight excluding hydrogens is 580 g/mol. The Labute approximate surface area is 254 Å². The minimum Gasteiger partial charge on any atom is -0.326 e. The van der Waals surface area contributed by atoms with Crippen molar-refractivity contribution in [2.75, 3.05) is 31.5 Å². The number of hydrogen-bond donors (Lipinski definition) is 1. The molecule has 5 aromatic rings. The fourth-order valence-electron chi connectivity index (χ4n) is 5.44. The van der Waals surface area contributed by atoms with Crippen LogP contribution in [0, 0.1) is 10.1 Å². The highest BCUT2D eigenvalue weighted by Gasteiger charge is 2.29. The predicted molar refractivity (Wildman–Crippen MR) is 167 cm³/mol. The maximum atomic E-state index is 13.4. The van der Waals surface area contributed by atoms with Gasteiger partial charge in [-0.15, -0.1) is 0 Å². The van der Waals surface area contributed by atoms with Crippen molar-refractivity contribution >= 4 is 33.0 Å². The van der Waals surface area contributed by atoms with Crippen LogP contribution in [0.3, 0.4) is 0 Å². The Morgan fingerprint density at radius 3 is 2.27 bits per heavy atom. The zero-order chi connectivity index (χ0) is 30.8. The van der Waals surface area contributed by atoms with Crippen molar-refractivity contribution in [3.05, 3.63) is 113 Å². The van der Waals surface area contributed by atoms with Crippen molar-refractivity contribution in [2.45, 2.75) is 18.4 Å². The molecule has 3 heterocycles. The van der Waals surface area contributed by atoms with Crippen molar-refractivity contribution < 1.29 is 18.1 Å². The molecule has 1 saturated heterocycles. The van der Waals surface area contributed by atoms with Crippen LogP contribution in [0.2, 0.25) is 0 Å². The Kier molecular flexibility index (Phi) is 7.95. The summed E-state index contributed by atoms with van der Waals surface area (Å²) in [5.41, 5.74) is 5.60. The average molecular weight is 611 g/mol. The van der Waals surface area contributed by atoms with Crippen LogP contribution < -0.4 is 5.32 Å². The lowest BCUT2D eigenvalue weighted by Crippen LogP contribution is -2.48. The van der Waals surface area contributed by atoms with Gasteiger partial charge in [-0.05, 0) is 47.5 Å². The van der Waals surface area contributed by atoms with E-state index >= 15 is 0 Å². The Morgan fingerprint density at radius 1 is 0.886 bits per heavy atom. The van der Waals surface area contributed by atoms with E-state index in [9.17, 15) is 23.3 Å². The lowest BCUT2D eigenvalue weighted by Gasteiger charge is -2.34. The largest absolute Gasteiger partial charge is 0.326 e. The first-order valence-corrected chi connectivity index (χ1v) is 15.5. The lowest BCUT2D eigenvalue weighted by molar-refractivity contribution is -0.384. The van der Waals surface area contributed by atoms with Crippen LogP contribution in [0.1, 0.15) is 12.6 Å². The van der Waals surface area contributed by atoms with Gasteiger partial charge in [-0.3, -0.25) is 19.8 Å². The SMILES string of the molecule is CC(=O)Nc1ccc(S(=O)(=O)N2CCN(Cc3c(-c4ccccc4)nc4ccc(-c5cccc([N+](=O)[O-])c5)cn34)CC2)cc1. The summed E-state index contributed by atoms with van der Waals surface area (Å²) in [6.07, 6.45) is 1.95. The molecule has 3 aromatic carbocycles. The Balaban J connectivity index is 1.26. The maximum absolute atomic E-state index is 13.4. The predicted octanol–water partition coefficient (Wildman–Crippen LogP) is 5.04. The summed E-state index contributed by atoms with van der Waals surface area (Å²) >= 11 is 0. The van der Waals surface area contributed by atoms with Crippen LogP contribution in [0.4, 0.5) is 11.4 Å². The summed E-state index contributed by atoms with van der Waals surface area (Å²) in [6, 6.07) is 26.4. The van der Waals surface area contributed by atoms with Crippen molar-refractivity contribution in [2.24, 2.45) is 0 Å². The molecule has 224 valence electrons. The van der Waals surface area contributed by atoms with Crippen LogP contribution in [0.5, 0.6) is 0 Å². The first-order chi connectivity index (χ1) is 21.2. The summed E-state index contributed by atoms with van der Waals surface area (Å²) in [5, 5.41) is 14.0. The van der Waals surface area contributed by atoms with Crippen molar-refractivity contribution in [1.82, 2.24) is 18.6 Å². The zero-order valence-electron chi connectivity index (χ0n) is 24.0. The second-order valence-corrected chi connectivity index (χ2v) is 12.6. The molecule has 1 aliphatic heterocycles. The number of nitrogens with zero attached hydrogens (tertiary/aromatic N) is 5. The smallest absolute Gasteiger partial charge is 0.270 e. The van der Waals surface area contributed by atoms with Crippen LogP contribution in [0.25, 0.3) is 28.0 Å². The molecule has 0 aliphatic carbocycles. The van der Waals surface area contributed by atoms with Crippen molar-refractivity contribution in [3.8, 4) is 22.4 Å². The average Bonchev–Trinajstić information content (AvgIpc) is 3.39. The molecule has 1 amide bonds. The Morgan fingerprint density at radius 2 is 1.59 bits per heavy atom. The number of benzene rings is 3. The van der Waals surface area contributed by atoms with Gasteiger partial charge in [0.25, 0.3) is 5.69 Å². The van der Waals surface area contributed by atoms with E-state index in [0.29, 0.717) is 38.4 Å². The van der Waals surface area contributed by atoms with Gasteiger partial charge >= 0.3 is 0 Å². The lowest BCUT2D eigenvalue weighted by atomic mass is 10.1. The third-order valence-corrected chi connectivity index (χ3v) is 9.58. The molecule has 0 atom stereocenters. The van der Waals surface area contributed by atoms with Gasteiger partial charge in [-0.1, -0.05) is 42.5 Å². The highest BCUT2D eigenvalue weighted by Crippen LogP contribution is 2.30. The normalized spacial score (nSPS) is 14.5. The number of sulfonamides is 1. The molecule has 44 heavy (non-hydrogen) atoms. The maximum Gasteiger partial charge on any atom is 0.270 e. The van der Waals surface area contributed by atoms with Crippen LogP contribution >= 0.6 is 0 Å². The van der Waals surface area contributed by atoms with Crippen LogP contribution in [-0.2, 0) is 21.4 Å². The first-order valence-electron chi connectivity index (χ1n) is 14.1. The summed E-state index contributed by atoms with van der Waals surface area (Å²) in [4.78, 5) is 29.6. The topological polar surface area (TPSA) is 130 Å². The van der Waals surface area contributed by atoms with E-state index in [1.165, 1.54) is 29.4 Å². The van der Waals surface area contributed by atoms with Gasteiger partial charge in [0.05, 0.1) is 21.2 Å². The summed E-state index contributed by atoms with van der Waals surface area (Å²) in [6.45, 7) is 3.63. The molecule has 11 nitrogen and oxygen atoms in total. The molecule has 0 bridgehead atoms. The monoisotopic (exact) mass is 610 g/mol. The standard InChI is InChI=1S/C32H30N6O5S/c1-23(39)33-27-11-13-29(14-12-27)44(42,43)36-18-16-35(17-19-36)22-30-32(24-6-3-2-4-7-24)34-31-15-10-26(21-37(30)31)25-8-5-9-28(20-25)38(40)41/h2-15,20-21H,16-19,22H2,1H3,(H,33,39). The molecule has 12 heteroatoms.